The highest BCUT2D eigenvalue weighted by Gasteiger charge is 2.18. The van der Waals surface area contributed by atoms with E-state index in [4.69, 9.17) is 5.73 Å². The second-order valence-corrected chi connectivity index (χ2v) is 4.66. The molecule has 1 heterocycles. The van der Waals surface area contributed by atoms with E-state index in [0.717, 1.165) is 31.7 Å². The molecule has 17 heavy (non-hydrogen) atoms. The summed E-state index contributed by atoms with van der Waals surface area (Å²) >= 11 is 0. The Labute approximate surface area is 102 Å². The molecule has 0 spiro atoms. The Bertz CT molecular complexity index is 388. The lowest BCUT2D eigenvalue weighted by molar-refractivity contribution is -0.114. The molecule has 2 rings (SSSR count). The summed E-state index contributed by atoms with van der Waals surface area (Å²) in [7, 11) is 0. The van der Waals surface area contributed by atoms with Gasteiger partial charge >= 0.3 is 0 Å². The first-order valence-corrected chi connectivity index (χ1v) is 5.98. The van der Waals surface area contributed by atoms with Gasteiger partial charge in [0.1, 0.15) is 0 Å². The minimum absolute atomic E-state index is 0.0386. The Morgan fingerprint density at radius 1 is 1.47 bits per heavy atom. The van der Waals surface area contributed by atoms with Crippen LogP contribution in [0.25, 0.3) is 0 Å². The third-order valence-corrected chi connectivity index (χ3v) is 2.99. The number of carbonyl (C=O) groups excluding carboxylic acids is 1. The smallest absolute Gasteiger partial charge is 0.221 e. The Morgan fingerprint density at radius 2 is 2.18 bits per heavy atom. The summed E-state index contributed by atoms with van der Waals surface area (Å²) in [5, 5.41) is 2.76. The van der Waals surface area contributed by atoms with Crippen LogP contribution in [0.2, 0.25) is 0 Å². The first-order chi connectivity index (χ1) is 8.13. The van der Waals surface area contributed by atoms with E-state index < -0.39 is 0 Å². The van der Waals surface area contributed by atoms with E-state index in [0.29, 0.717) is 6.04 Å². The zero-order chi connectivity index (χ0) is 12.3. The number of nitrogens with two attached hydrogens (primary N) is 1. The number of amides is 1. The molecule has 1 amide bonds. The molecule has 0 aliphatic carbocycles. The van der Waals surface area contributed by atoms with Gasteiger partial charge in [0.2, 0.25) is 5.91 Å². The van der Waals surface area contributed by atoms with Gasteiger partial charge in [0, 0.05) is 38.3 Å². The maximum atomic E-state index is 10.9. The highest BCUT2D eigenvalue weighted by Crippen LogP contribution is 2.14. The van der Waals surface area contributed by atoms with Gasteiger partial charge in [-0.05, 0) is 24.1 Å². The number of nitrogens with one attached hydrogen (secondary N) is 1. The van der Waals surface area contributed by atoms with Crippen molar-refractivity contribution in [2.24, 2.45) is 5.73 Å². The zero-order valence-corrected chi connectivity index (χ0v) is 10.1. The van der Waals surface area contributed by atoms with Crippen LogP contribution in [0.5, 0.6) is 0 Å². The molecule has 1 saturated heterocycles. The molecule has 3 N–H and O–H groups in total. The Kier molecular flexibility index (Phi) is 3.76. The van der Waals surface area contributed by atoms with Crippen molar-refractivity contribution in [3.05, 3.63) is 29.8 Å². The molecule has 1 fully saturated rings. The lowest BCUT2D eigenvalue weighted by atomic mass is 10.2. The molecule has 1 aliphatic heterocycles. The van der Waals surface area contributed by atoms with Gasteiger partial charge in [-0.2, -0.15) is 0 Å². The van der Waals surface area contributed by atoms with E-state index in [1.165, 1.54) is 12.5 Å². The van der Waals surface area contributed by atoms with E-state index in [2.05, 4.69) is 22.3 Å². The lowest BCUT2D eigenvalue weighted by Gasteiger charge is -2.15. The van der Waals surface area contributed by atoms with Crippen molar-refractivity contribution < 1.29 is 4.79 Å². The van der Waals surface area contributed by atoms with Gasteiger partial charge in [0.25, 0.3) is 0 Å². The third kappa shape index (κ3) is 3.54. The lowest BCUT2D eigenvalue weighted by Crippen LogP contribution is -2.26. The predicted octanol–water partition coefficient (Wildman–Crippen LogP) is 1.18. The Balaban J connectivity index is 1.91. The summed E-state index contributed by atoms with van der Waals surface area (Å²) in [5.74, 6) is -0.0386. The summed E-state index contributed by atoms with van der Waals surface area (Å²) < 4.78 is 0. The minimum Gasteiger partial charge on any atom is -0.326 e. The number of nitrogens with zero attached hydrogens (tertiary/aromatic N) is 1. The van der Waals surface area contributed by atoms with Crippen LogP contribution >= 0.6 is 0 Å². The molecule has 0 saturated carbocycles. The van der Waals surface area contributed by atoms with Crippen LogP contribution in [0.4, 0.5) is 5.69 Å². The van der Waals surface area contributed by atoms with E-state index in [1.807, 2.05) is 12.1 Å². The summed E-state index contributed by atoms with van der Waals surface area (Å²) in [6.45, 7) is 4.51. The molecular formula is C13H19N3O. The SMILES string of the molecule is CC(=O)Nc1ccc(CN2CCC(N)C2)cc1. The molecule has 0 aromatic heterocycles. The number of hydrogen-bond donors (Lipinski definition) is 2. The first-order valence-electron chi connectivity index (χ1n) is 5.98. The normalized spacial score (nSPS) is 20.5. The number of rotatable bonds is 3. The van der Waals surface area contributed by atoms with E-state index >= 15 is 0 Å². The van der Waals surface area contributed by atoms with Gasteiger partial charge in [-0.3, -0.25) is 9.69 Å². The van der Waals surface area contributed by atoms with Gasteiger partial charge in [-0.25, -0.2) is 0 Å². The summed E-state index contributed by atoms with van der Waals surface area (Å²) in [4.78, 5) is 13.2. The number of carbonyl (C=O) groups is 1. The van der Waals surface area contributed by atoms with Crippen molar-refractivity contribution >= 4 is 11.6 Å². The fraction of sp³-hybridized carbons (Fsp3) is 0.462. The highest BCUT2D eigenvalue weighted by molar-refractivity contribution is 5.88. The molecule has 1 aliphatic rings. The molecule has 0 bridgehead atoms. The van der Waals surface area contributed by atoms with Crippen molar-refractivity contribution in [1.82, 2.24) is 4.90 Å². The second kappa shape index (κ2) is 5.29. The Hall–Kier alpha value is -1.39. The summed E-state index contributed by atoms with van der Waals surface area (Å²) in [6, 6.07) is 8.30. The average Bonchev–Trinajstić information content (AvgIpc) is 2.66. The van der Waals surface area contributed by atoms with Crippen LogP contribution in [0.1, 0.15) is 18.9 Å². The second-order valence-electron chi connectivity index (χ2n) is 4.66. The highest BCUT2D eigenvalue weighted by atomic mass is 16.1. The van der Waals surface area contributed by atoms with Crippen LogP contribution in [0, 0.1) is 0 Å². The topological polar surface area (TPSA) is 58.4 Å². The molecule has 1 aromatic rings. The monoisotopic (exact) mass is 233 g/mol. The molecule has 4 nitrogen and oxygen atoms in total. The number of anilines is 1. The predicted molar refractivity (Wildman–Crippen MR) is 68.6 cm³/mol. The van der Waals surface area contributed by atoms with Gasteiger partial charge < -0.3 is 11.1 Å². The van der Waals surface area contributed by atoms with E-state index in [1.54, 1.807) is 0 Å². The van der Waals surface area contributed by atoms with Crippen molar-refractivity contribution in [3.8, 4) is 0 Å². The first kappa shape index (κ1) is 12.1. The van der Waals surface area contributed by atoms with Gasteiger partial charge in [-0.1, -0.05) is 12.1 Å². The number of likely N-dealkylation sites (tertiary alicyclic amines) is 1. The molecule has 92 valence electrons. The molecule has 1 unspecified atom stereocenters. The van der Waals surface area contributed by atoms with Crippen LogP contribution in [-0.2, 0) is 11.3 Å². The summed E-state index contributed by atoms with van der Waals surface area (Å²) in [5.41, 5.74) is 7.97. The van der Waals surface area contributed by atoms with Gasteiger partial charge in [0.05, 0.1) is 0 Å². The van der Waals surface area contributed by atoms with Crippen LogP contribution in [-0.4, -0.2) is 29.9 Å². The molecule has 1 aromatic carbocycles. The molecule has 0 radical (unpaired) electrons. The quantitative estimate of drug-likeness (QED) is 0.824. The van der Waals surface area contributed by atoms with Crippen LogP contribution in [0.15, 0.2) is 24.3 Å². The largest absolute Gasteiger partial charge is 0.326 e. The van der Waals surface area contributed by atoms with Crippen LogP contribution in [0.3, 0.4) is 0 Å². The van der Waals surface area contributed by atoms with Crippen LogP contribution < -0.4 is 11.1 Å². The minimum atomic E-state index is -0.0386. The maximum absolute atomic E-state index is 10.9. The zero-order valence-electron chi connectivity index (χ0n) is 10.1. The third-order valence-electron chi connectivity index (χ3n) is 2.99. The van der Waals surface area contributed by atoms with Gasteiger partial charge in [-0.15, -0.1) is 0 Å². The number of benzene rings is 1. The van der Waals surface area contributed by atoms with Crippen molar-refractivity contribution in [3.63, 3.8) is 0 Å². The molecular weight excluding hydrogens is 214 g/mol. The van der Waals surface area contributed by atoms with E-state index in [-0.39, 0.29) is 5.91 Å². The van der Waals surface area contributed by atoms with Crippen molar-refractivity contribution in [2.45, 2.75) is 25.9 Å². The summed E-state index contributed by atoms with van der Waals surface area (Å²) in [6.07, 6.45) is 1.09. The fourth-order valence-electron chi connectivity index (χ4n) is 2.16. The average molecular weight is 233 g/mol. The van der Waals surface area contributed by atoms with Crippen molar-refractivity contribution in [1.29, 1.82) is 0 Å². The molecule has 1 atom stereocenters. The number of hydrogen-bond acceptors (Lipinski definition) is 3. The maximum Gasteiger partial charge on any atom is 0.221 e. The van der Waals surface area contributed by atoms with Gasteiger partial charge in [0.15, 0.2) is 0 Å². The molecule has 4 heteroatoms. The standard InChI is InChI=1S/C13H19N3O/c1-10(17)15-13-4-2-11(3-5-13)8-16-7-6-12(14)9-16/h2-5,12H,6-9,14H2,1H3,(H,15,17). The fourth-order valence-corrected chi connectivity index (χ4v) is 2.16. The Morgan fingerprint density at radius 3 is 2.71 bits per heavy atom. The van der Waals surface area contributed by atoms with Crippen molar-refractivity contribution in [2.75, 3.05) is 18.4 Å². The van der Waals surface area contributed by atoms with E-state index in [9.17, 15) is 4.79 Å².